The summed E-state index contributed by atoms with van der Waals surface area (Å²) in [6, 6.07) is 8.15. The smallest absolute Gasteiger partial charge is 0.371 e. The SMILES string of the molecule is Cc1oc(C(=O)O)cc1S(=O)(=O)NCc1ccc(Br)cc1. The van der Waals surface area contributed by atoms with Crippen LogP contribution in [0.3, 0.4) is 0 Å². The molecular weight excluding hydrogens is 362 g/mol. The van der Waals surface area contributed by atoms with Crippen LogP contribution in [0.5, 0.6) is 0 Å². The van der Waals surface area contributed by atoms with Gasteiger partial charge in [-0.25, -0.2) is 17.9 Å². The molecule has 0 amide bonds. The number of aryl methyl sites for hydroxylation is 1. The molecule has 8 heteroatoms. The van der Waals surface area contributed by atoms with E-state index in [0.29, 0.717) is 0 Å². The highest BCUT2D eigenvalue weighted by Crippen LogP contribution is 2.20. The lowest BCUT2D eigenvalue weighted by molar-refractivity contribution is 0.0661. The third-order valence-electron chi connectivity index (χ3n) is 2.75. The summed E-state index contributed by atoms with van der Waals surface area (Å²) in [7, 11) is -3.83. The van der Waals surface area contributed by atoms with Crippen molar-refractivity contribution in [2.24, 2.45) is 0 Å². The highest BCUT2D eigenvalue weighted by Gasteiger charge is 2.23. The summed E-state index contributed by atoms with van der Waals surface area (Å²) in [5.74, 6) is -1.68. The molecule has 112 valence electrons. The molecule has 1 aromatic carbocycles. The number of furan rings is 1. The number of sulfonamides is 1. The number of aromatic carboxylic acids is 1. The molecule has 2 rings (SSSR count). The molecule has 1 aromatic heterocycles. The first kappa shape index (κ1) is 15.7. The first-order valence-corrected chi connectivity index (χ1v) is 8.15. The van der Waals surface area contributed by atoms with Crippen LogP contribution in [0.25, 0.3) is 0 Å². The number of hydrogen-bond acceptors (Lipinski definition) is 4. The van der Waals surface area contributed by atoms with Gasteiger partial charge in [-0.2, -0.15) is 0 Å². The van der Waals surface area contributed by atoms with Gasteiger partial charge in [-0.1, -0.05) is 28.1 Å². The van der Waals surface area contributed by atoms with Crippen molar-refractivity contribution < 1.29 is 22.7 Å². The summed E-state index contributed by atoms with van der Waals surface area (Å²) in [5, 5.41) is 8.81. The van der Waals surface area contributed by atoms with E-state index in [9.17, 15) is 13.2 Å². The first-order valence-electron chi connectivity index (χ1n) is 5.87. The van der Waals surface area contributed by atoms with E-state index in [2.05, 4.69) is 20.7 Å². The largest absolute Gasteiger partial charge is 0.475 e. The monoisotopic (exact) mass is 373 g/mol. The van der Waals surface area contributed by atoms with Gasteiger partial charge < -0.3 is 9.52 Å². The highest BCUT2D eigenvalue weighted by atomic mass is 79.9. The summed E-state index contributed by atoms with van der Waals surface area (Å²) in [6.07, 6.45) is 0. The zero-order valence-electron chi connectivity index (χ0n) is 11.0. The third-order valence-corrected chi connectivity index (χ3v) is 4.79. The molecule has 0 aliphatic heterocycles. The molecule has 0 atom stereocenters. The standard InChI is InChI=1S/C13H12BrNO5S/c1-8-12(6-11(20-8)13(16)17)21(18,19)15-7-9-2-4-10(14)5-3-9/h2-6,15H,7H2,1H3,(H,16,17). The molecule has 21 heavy (non-hydrogen) atoms. The number of carboxylic acid groups (broad SMARTS) is 1. The molecule has 0 unspecified atom stereocenters. The number of rotatable bonds is 5. The Morgan fingerprint density at radius 2 is 1.95 bits per heavy atom. The lowest BCUT2D eigenvalue weighted by Gasteiger charge is -2.05. The summed E-state index contributed by atoms with van der Waals surface area (Å²) in [4.78, 5) is 10.6. The molecule has 2 aromatic rings. The van der Waals surface area contributed by atoms with Crippen molar-refractivity contribution in [3.05, 3.63) is 51.9 Å². The van der Waals surface area contributed by atoms with Crippen LogP contribution in [-0.2, 0) is 16.6 Å². The van der Waals surface area contributed by atoms with Crippen LogP contribution in [0.1, 0.15) is 21.9 Å². The maximum absolute atomic E-state index is 12.2. The average molecular weight is 374 g/mol. The Kier molecular flexibility index (Phi) is 4.50. The Morgan fingerprint density at radius 1 is 1.33 bits per heavy atom. The summed E-state index contributed by atoms with van der Waals surface area (Å²) in [6.45, 7) is 1.50. The molecule has 0 saturated carbocycles. The van der Waals surface area contributed by atoms with Gasteiger partial charge >= 0.3 is 5.97 Å². The lowest BCUT2D eigenvalue weighted by Crippen LogP contribution is -2.23. The van der Waals surface area contributed by atoms with Crippen LogP contribution < -0.4 is 4.72 Å². The van der Waals surface area contributed by atoms with Gasteiger partial charge in [0.25, 0.3) is 0 Å². The lowest BCUT2D eigenvalue weighted by atomic mass is 10.2. The highest BCUT2D eigenvalue weighted by molar-refractivity contribution is 9.10. The Bertz CT molecular complexity index is 764. The van der Waals surface area contributed by atoms with Gasteiger partial charge in [-0.3, -0.25) is 0 Å². The zero-order chi connectivity index (χ0) is 15.6. The summed E-state index contributed by atoms with van der Waals surface area (Å²) < 4.78 is 32.5. The van der Waals surface area contributed by atoms with E-state index in [1.165, 1.54) is 6.92 Å². The Morgan fingerprint density at radius 3 is 2.48 bits per heavy atom. The Labute approximate surface area is 130 Å². The van der Waals surface area contributed by atoms with E-state index in [4.69, 9.17) is 9.52 Å². The number of carboxylic acids is 1. The summed E-state index contributed by atoms with van der Waals surface area (Å²) >= 11 is 3.29. The van der Waals surface area contributed by atoms with Crippen molar-refractivity contribution in [2.75, 3.05) is 0 Å². The van der Waals surface area contributed by atoms with E-state index < -0.39 is 21.8 Å². The molecular formula is C13H12BrNO5S. The van der Waals surface area contributed by atoms with Crippen LogP contribution in [0.15, 0.2) is 44.1 Å². The molecule has 0 aliphatic rings. The topological polar surface area (TPSA) is 96.6 Å². The molecule has 1 heterocycles. The second-order valence-corrected chi connectivity index (χ2v) is 6.94. The van der Waals surface area contributed by atoms with Crippen molar-refractivity contribution in [1.82, 2.24) is 4.72 Å². The van der Waals surface area contributed by atoms with Gasteiger partial charge in [0.05, 0.1) is 0 Å². The minimum atomic E-state index is -3.83. The van der Waals surface area contributed by atoms with E-state index in [-0.39, 0.29) is 17.2 Å². The second kappa shape index (κ2) is 6.00. The first-order chi connectivity index (χ1) is 9.79. The van der Waals surface area contributed by atoms with Gasteiger partial charge in [0, 0.05) is 17.1 Å². The zero-order valence-corrected chi connectivity index (χ0v) is 13.4. The van der Waals surface area contributed by atoms with Gasteiger partial charge in [-0.05, 0) is 24.6 Å². The van der Waals surface area contributed by atoms with Crippen LogP contribution in [0.4, 0.5) is 0 Å². The molecule has 0 fully saturated rings. The molecule has 0 saturated heterocycles. The van der Waals surface area contributed by atoms with Gasteiger partial charge in [0.2, 0.25) is 15.8 Å². The average Bonchev–Trinajstić information content (AvgIpc) is 2.81. The van der Waals surface area contributed by atoms with Crippen molar-refractivity contribution >= 4 is 31.9 Å². The number of benzene rings is 1. The molecule has 0 bridgehead atoms. The normalized spacial score (nSPS) is 11.5. The Hall–Kier alpha value is -1.64. The van der Waals surface area contributed by atoms with Gasteiger partial charge in [-0.15, -0.1) is 0 Å². The fraction of sp³-hybridized carbons (Fsp3) is 0.154. The van der Waals surface area contributed by atoms with Gasteiger partial charge in [0.15, 0.2) is 0 Å². The van der Waals surface area contributed by atoms with E-state index >= 15 is 0 Å². The van der Waals surface area contributed by atoms with Crippen molar-refractivity contribution in [1.29, 1.82) is 0 Å². The molecule has 0 aliphatic carbocycles. The van der Waals surface area contributed by atoms with Crippen LogP contribution in [-0.4, -0.2) is 19.5 Å². The number of hydrogen-bond donors (Lipinski definition) is 2. The van der Waals surface area contributed by atoms with Crippen LogP contribution in [0.2, 0.25) is 0 Å². The van der Waals surface area contributed by atoms with E-state index in [0.717, 1.165) is 16.1 Å². The van der Waals surface area contributed by atoms with E-state index in [1.54, 1.807) is 24.3 Å². The minimum absolute atomic E-state index is 0.0377. The van der Waals surface area contributed by atoms with Crippen molar-refractivity contribution in [3.8, 4) is 0 Å². The Balaban J connectivity index is 2.18. The van der Waals surface area contributed by atoms with Gasteiger partial charge in [0.1, 0.15) is 10.7 Å². The fourth-order valence-electron chi connectivity index (χ4n) is 1.70. The second-order valence-electron chi connectivity index (χ2n) is 4.29. The predicted octanol–water partition coefficient (Wildman–Crippen LogP) is 2.53. The minimum Gasteiger partial charge on any atom is -0.475 e. The summed E-state index contributed by atoms with van der Waals surface area (Å²) in [5.41, 5.74) is 0.779. The number of nitrogens with one attached hydrogen (secondary N) is 1. The molecule has 0 spiro atoms. The number of carbonyl (C=O) groups is 1. The van der Waals surface area contributed by atoms with Crippen molar-refractivity contribution in [2.45, 2.75) is 18.4 Å². The molecule has 2 N–H and O–H groups in total. The molecule has 0 radical (unpaired) electrons. The predicted molar refractivity (Wildman–Crippen MR) is 78.6 cm³/mol. The van der Waals surface area contributed by atoms with Crippen LogP contribution in [0, 0.1) is 6.92 Å². The maximum atomic E-state index is 12.2. The van der Waals surface area contributed by atoms with Crippen molar-refractivity contribution in [3.63, 3.8) is 0 Å². The fourth-order valence-corrected chi connectivity index (χ4v) is 3.15. The third kappa shape index (κ3) is 3.72. The maximum Gasteiger partial charge on any atom is 0.371 e. The number of halogens is 1. The quantitative estimate of drug-likeness (QED) is 0.839. The molecule has 6 nitrogen and oxygen atoms in total. The van der Waals surface area contributed by atoms with E-state index in [1.807, 2.05) is 0 Å². The van der Waals surface area contributed by atoms with Crippen LogP contribution >= 0.6 is 15.9 Å².